The number of carbonyl (C=O) groups is 1. The van der Waals surface area contributed by atoms with Gasteiger partial charge in [0, 0.05) is 36.4 Å². The average molecular weight is 441 g/mol. The Kier molecular flexibility index (Phi) is 5.10. The summed E-state index contributed by atoms with van der Waals surface area (Å²) in [6.07, 6.45) is 3.43. The number of aromatic nitrogens is 4. The van der Waals surface area contributed by atoms with Crippen LogP contribution in [0.25, 0.3) is 21.6 Å². The molecule has 4 rings (SSSR count). The maximum absolute atomic E-state index is 13.5. The van der Waals surface area contributed by atoms with Gasteiger partial charge < -0.3 is 10.4 Å². The van der Waals surface area contributed by atoms with Crippen LogP contribution in [-0.2, 0) is 14.1 Å². The van der Waals surface area contributed by atoms with Crippen LogP contribution in [0, 0.1) is 12.7 Å². The summed E-state index contributed by atoms with van der Waals surface area (Å²) in [6.45, 7) is 3.75. The van der Waals surface area contributed by atoms with E-state index in [2.05, 4.69) is 10.4 Å². The Bertz CT molecular complexity index is 1390. The summed E-state index contributed by atoms with van der Waals surface area (Å²) >= 11 is 1.35. The second-order valence-electron chi connectivity index (χ2n) is 7.31. The topological polar surface area (TPSA) is 102 Å². The summed E-state index contributed by atoms with van der Waals surface area (Å²) in [5.41, 5.74) is 2.03. The molecule has 2 N–H and O–H groups in total. The van der Waals surface area contributed by atoms with Gasteiger partial charge in [0.1, 0.15) is 16.3 Å². The fourth-order valence-corrected chi connectivity index (χ4v) is 4.83. The van der Waals surface area contributed by atoms with Gasteiger partial charge in [0.05, 0.1) is 28.9 Å². The molecule has 0 saturated carbocycles. The molecule has 0 aliphatic carbocycles. The number of nitrogens with one attached hydrogen (secondary N) is 1. The molecular weight excluding hydrogens is 421 g/mol. The van der Waals surface area contributed by atoms with Crippen molar-refractivity contribution in [2.75, 3.05) is 5.32 Å². The smallest absolute Gasteiger partial charge is 0.337 e. The summed E-state index contributed by atoms with van der Waals surface area (Å²) in [5.74, 6) is -1.36. The van der Waals surface area contributed by atoms with Gasteiger partial charge in [-0.3, -0.25) is 14.0 Å². The second kappa shape index (κ2) is 7.62. The number of carboxylic acids is 1. The number of rotatable bonds is 5. The normalized spacial score (nSPS) is 12.3. The van der Waals surface area contributed by atoms with Gasteiger partial charge in [-0.2, -0.15) is 5.10 Å². The third-order valence-corrected chi connectivity index (χ3v) is 6.22. The Hall–Kier alpha value is -3.53. The van der Waals surface area contributed by atoms with Crippen LogP contribution in [0.4, 0.5) is 10.1 Å². The van der Waals surface area contributed by atoms with E-state index in [-0.39, 0.29) is 22.9 Å². The van der Waals surface area contributed by atoms with Gasteiger partial charge in [0.25, 0.3) is 5.56 Å². The number of nitrogens with zero attached hydrogens (tertiary/aromatic N) is 4. The minimum absolute atomic E-state index is 0.163. The number of hydrogen-bond donors (Lipinski definition) is 2. The van der Waals surface area contributed by atoms with Crippen LogP contribution in [0.5, 0.6) is 0 Å². The van der Waals surface area contributed by atoms with Gasteiger partial charge in [-0.05, 0) is 32.0 Å². The van der Waals surface area contributed by atoms with Gasteiger partial charge in [0.15, 0.2) is 0 Å². The minimum Gasteiger partial charge on any atom is -0.478 e. The van der Waals surface area contributed by atoms with Gasteiger partial charge in [-0.15, -0.1) is 11.3 Å². The summed E-state index contributed by atoms with van der Waals surface area (Å²) in [6, 6.07) is 3.20. The fraction of sp³-hybridized carbons (Fsp3) is 0.238. The first-order valence-electron chi connectivity index (χ1n) is 9.45. The lowest BCUT2D eigenvalue weighted by molar-refractivity contribution is 0.0697. The van der Waals surface area contributed by atoms with Crippen molar-refractivity contribution >= 4 is 33.2 Å². The molecule has 0 aliphatic heterocycles. The lowest BCUT2D eigenvalue weighted by atomic mass is 10.1. The van der Waals surface area contributed by atoms with Crippen molar-refractivity contribution in [2.45, 2.75) is 19.9 Å². The molecule has 1 unspecified atom stereocenters. The van der Waals surface area contributed by atoms with Crippen LogP contribution >= 0.6 is 11.3 Å². The van der Waals surface area contributed by atoms with Gasteiger partial charge in [0.2, 0.25) is 0 Å². The highest BCUT2D eigenvalue weighted by molar-refractivity contribution is 7.19. The molecule has 31 heavy (non-hydrogen) atoms. The van der Waals surface area contributed by atoms with E-state index < -0.39 is 11.8 Å². The molecule has 0 radical (unpaired) electrons. The van der Waals surface area contributed by atoms with E-state index >= 15 is 0 Å². The third kappa shape index (κ3) is 3.59. The van der Waals surface area contributed by atoms with Crippen molar-refractivity contribution in [1.82, 2.24) is 19.3 Å². The van der Waals surface area contributed by atoms with Gasteiger partial charge in [-0.25, -0.2) is 14.2 Å². The monoisotopic (exact) mass is 441 g/mol. The molecule has 10 heteroatoms. The number of anilines is 1. The lowest BCUT2D eigenvalue weighted by Crippen LogP contribution is -2.19. The number of hydrogen-bond acceptors (Lipinski definition) is 6. The number of thiophene rings is 1. The quantitative estimate of drug-likeness (QED) is 0.490. The van der Waals surface area contributed by atoms with E-state index in [0.29, 0.717) is 21.6 Å². The summed E-state index contributed by atoms with van der Waals surface area (Å²) in [4.78, 5) is 30.2. The Labute approximate surface area is 180 Å². The predicted molar refractivity (Wildman–Crippen MR) is 117 cm³/mol. The van der Waals surface area contributed by atoms with Gasteiger partial charge in [-0.1, -0.05) is 0 Å². The number of fused-ring (bicyclic) bond motifs is 1. The van der Waals surface area contributed by atoms with E-state index in [1.165, 1.54) is 28.0 Å². The Morgan fingerprint density at radius 2 is 2.06 bits per heavy atom. The highest BCUT2D eigenvalue weighted by Crippen LogP contribution is 2.35. The van der Waals surface area contributed by atoms with Gasteiger partial charge >= 0.3 is 5.97 Å². The highest BCUT2D eigenvalue weighted by Gasteiger charge is 2.23. The highest BCUT2D eigenvalue weighted by atomic mass is 32.1. The van der Waals surface area contributed by atoms with Crippen molar-refractivity contribution in [3.8, 4) is 11.4 Å². The predicted octanol–water partition coefficient (Wildman–Crippen LogP) is 3.71. The molecule has 0 fully saturated rings. The van der Waals surface area contributed by atoms with Crippen molar-refractivity contribution in [1.29, 1.82) is 0 Å². The average Bonchev–Trinajstić information content (AvgIpc) is 3.28. The largest absolute Gasteiger partial charge is 0.478 e. The first kappa shape index (κ1) is 20.7. The van der Waals surface area contributed by atoms with E-state index in [1.807, 2.05) is 13.8 Å². The third-order valence-electron chi connectivity index (χ3n) is 5.12. The first-order valence-corrected chi connectivity index (χ1v) is 10.3. The number of aromatic carboxylic acids is 1. The van der Waals surface area contributed by atoms with Crippen molar-refractivity contribution < 1.29 is 14.3 Å². The molecule has 1 aromatic carbocycles. The van der Waals surface area contributed by atoms with Crippen LogP contribution in [-0.4, -0.2) is 30.4 Å². The lowest BCUT2D eigenvalue weighted by Gasteiger charge is -2.18. The Morgan fingerprint density at radius 3 is 2.71 bits per heavy atom. The van der Waals surface area contributed by atoms with Crippen LogP contribution in [0.1, 0.15) is 33.8 Å². The maximum atomic E-state index is 13.5. The Balaban J connectivity index is 1.85. The van der Waals surface area contributed by atoms with Crippen LogP contribution < -0.4 is 10.9 Å². The number of halogens is 1. The molecule has 0 saturated heterocycles. The SMILES string of the molecule is Cc1sc2c(=O)n(C)c(-c3cnn(C)c3)nc2c1C(C)Nc1ccc(F)cc1C(=O)O. The first-order chi connectivity index (χ1) is 14.7. The van der Waals surface area contributed by atoms with E-state index in [4.69, 9.17) is 4.98 Å². The number of aryl methyl sites for hydroxylation is 2. The fourth-order valence-electron chi connectivity index (χ4n) is 3.66. The summed E-state index contributed by atoms with van der Waals surface area (Å²) < 4.78 is 17.2. The molecule has 4 aromatic rings. The molecule has 8 nitrogen and oxygen atoms in total. The molecular formula is C21H20FN5O3S. The molecule has 0 amide bonds. The zero-order valence-corrected chi connectivity index (χ0v) is 18.1. The van der Waals surface area contributed by atoms with E-state index in [1.54, 1.807) is 31.2 Å². The van der Waals surface area contributed by atoms with E-state index in [0.717, 1.165) is 16.5 Å². The Morgan fingerprint density at radius 1 is 1.32 bits per heavy atom. The standard InChI is InChI=1S/C21H20FN5O3S/c1-10(24-15-6-5-13(22)7-14(15)21(29)30)16-11(2)31-18-17(16)25-19(27(4)20(18)28)12-8-23-26(3)9-12/h5-10,24H,1-4H3,(H,29,30). The molecule has 3 aromatic heterocycles. The molecule has 1 atom stereocenters. The van der Waals surface area contributed by atoms with Crippen molar-refractivity contribution in [3.05, 3.63) is 62.8 Å². The van der Waals surface area contributed by atoms with Crippen LogP contribution in [0.15, 0.2) is 35.4 Å². The van der Waals surface area contributed by atoms with Crippen molar-refractivity contribution in [3.63, 3.8) is 0 Å². The zero-order valence-electron chi connectivity index (χ0n) is 17.3. The van der Waals surface area contributed by atoms with Crippen LogP contribution in [0.3, 0.4) is 0 Å². The minimum atomic E-state index is -1.23. The number of benzene rings is 1. The van der Waals surface area contributed by atoms with Crippen LogP contribution in [0.2, 0.25) is 0 Å². The molecule has 0 aliphatic rings. The van der Waals surface area contributed by atoms with Crippen molar-refractivity contribution in [2.24, 2.45) is 14.1 Å². The molecule has 0 spiro atoms. The zero-order chi connectivity index (χ0) is 22.4. The summed E-state index contributed by atoms with van der Waals surface area (Å²) in [5, 5.41) is 16.7. The molecule has 3 heterocycles. The van der Waals surface area contributed by atoms with E-state index in [9.17, 15) is 19.1 Å². The maximum Gasteiger partial charge on any atom is 0.337 e. The second-order valence-corrected chi connectivity index (χ2v) is 8.54. The summed E-state index contributed by atoms with van der Waals surface area (Å²) in [7, 11) is 3.46. The number of carboxylic acid groups (broad SMARTS) is 1. The molecule has 160 valence electrons. The molecule has 0 bridgehead atoms.